The number of rotatable bonds is 6. The van der Waals surface area contributed by atoms with E-state index < -0.39 is 0 Å². The van der Waals surface area contributed by atoms with Gasteiger partial charge in [0.1, 0.15) is 0 Å². The molecule has 3 nitrogen and oxygen atoms in total. The minimum atomic E-state index is -0.254. The molecule has 0 bridgehead atoms. The molecular weight excluding hydrogens is 292 g/mol. The van der Waals surface area contributed by atoms with E-state index in [2.05, 4.69) is 53.3 Å². The number of carbonyl (C=O) groups is 1. The molecule has 1 amide bonds. The van der Waals surface area contributed by atoms with Crippen LogP contribution in [-0.2, 0) is 4.79 Å². The van der Waals surface area contributed by atoms with Gasteiger partial charge in [-0.05, 0) is 44.7 Å². The van der Waals surface area contributed by atoms with Gasteiger partial charge in [-0.25, -0.2) is 0 Å². The van der Waals surface area contributed by atoms with E-state index in [-0.39, 0.29) is 24.0 Å². The van der Waals surface area contributed by atoms with Gasteiger partial charge in [-0.3, -0.25) is 10.1 Å². The van der Waals surface area contributed by atoms with Crippen LogP contribution in [0.1, 0.15) is 42.8 Å². The zero-order valence-electron chi connectivity index (χ0n) is 13.6. The molecule has 1 aromatic carbocycles. The molecular formula is C18H24N2OS. The van der Waals surface area contributed by atoms with Crippen LogP contribution in [0, 0.1) is 6.92 Å². The third-order valence-electron chi connectivity index (χ3n) is 3.48. The van der Waals surface area contributed by atoms with Gasteiger partial charge in [-0.1, -0.05) is 35.9 Å². The average molecular weight is 316 g/mol. The first-order valence-corrected chi connectivity index (χ1v) is 8.51. The van der Waals surface area contributed by atoms with Gasteiger partial charge >= 0.3 is 0 Å². The lowest BCUT2D eigenvalue weighted by Gasteiger charge is -2.23. The van der Waals surface area contributed by atoms with Crippen molar-refractivity contribution >= 4 is 17.2 Å². The van der Waals surface area contributed by atoms with Crippen molar-refractivity contribution in [2.24, 2.45) is 0 Å². The summed E-state index contributed by atoms with van der Waals surface area (Å²) in [5.41, 5.74) is 2.41. The Morgan fingerprint density at radius 3 is 2.32 bits per heavy atom. The highest BCUT2D eigenvalue weighted by atomic mass is 32.1. The first-order valence-electron chi connectivity index (χ1n) is 7.63. The fourth-order valence-electron chi connectivity index (χ4n) is 2.29. The molecule has 0 aliphatic rings. The molecule has 2 aromatic rings. The normalized spacial score (nSPS) is 13.9. The minimum Gasteiger partial charge on any atom is -0.353 e. The maximum Gasteiger partial charge on any atom is 0.237 e. The van der Waals surface area contributed by atoms with Crippen LogP contribution in [0.4, 0.5) is 0 Å². The van der Waals surface area contributed by atoms with E-state index in [0.29, 0.717) is 0 Å². The van der Waals surface area contributed by atoms with E-state index in [4.69, 9.17) is 0 Å². The van der Waals surface area contributed by atoms with Crippen molar-refractivity contribution in [1.82, 2.24) is 10.6 Å². The minimum absolute atomic E-state index is 0.0312. The molecule has 2 rings (SSSR count). The monoisotopic (exact) mass is 316 g/mol. The molecule has 0 saturated carbocycles. The predicted octanol–water partition coefficient (Wildman–Crippen LogP) is 3.65. The number of amides is 1. The van der Waals surface area contributed by atoms with Crippen LogP contribution in [-0.4, -0.2) is 18.0 Å². The van der Waals surface area contributed by atoms with Crippen molar-refractivity contribution in [2.75, 3.05) is 0 Å². The van der Waals surface area contributed by atoms with Gasteiger partial charge in [0.2, 0.25) is 5.91 Å². The second-order valence-corrected chi connectivity index (χ2v) is 6.89. The molecule has 0 spiro atoms. The van der Waals surface area contributed by atoms with Crippen LogP contribution in [0.3, 0.4) is 0 Å². The summed E-state index contributed by atoms with van der Waals surface area (Å²) in [5.74, 6) is 0.0312. The first kappa shape index (κ1) is 16.7. The summed E-state index contributed by atoms with van der Waals surface area (Å²) < 4.78 is 0. The number of thiophene rings is 1. The Balaban J connectivity index is 2.19. The van der Waals surface area contributed by atoms with Crippen LogP contribution >= 0.6 is 11.3 Å². The highest BCUT2D eigenvalue weighted by Gasteiger charge is 2.21. The molecule has 118 valence electrons. The number of nitrogens with one attached hydrogen (secondary N) is 2. The molecule has 1 aromatic heterocycles. The van der Waals surface area contributed by atoms with Crippen molar-refractivity contribution in [1.29, 1.82) is 0 Å². The topological polar surface area (TPSA) is 41.1 Å². The molecule has 4 heteroatoms. The summed E-state index contributed by atoms with van der Waals surface area (Å²) in [6.07, 6.45) is 0. The molecule has 2 N–H and O–H groups in total. The van der Waals surface area contributed by atoms with Crippen molar-refractivity contribution in [3.05, 3.63) is 57.8 Å². The Morgan fingerprint density at radius 2 is 1.77 bits per heavy atom. The smallest absolute Gasteiger partial charge is 0.237 e. The third kappa shape index (κ3) is 4.42. The van der Waals surface area contributed by atoms with E-state index in [1.165, 1.54) is 16.0 Å². The Hall–Kier alpha value is -1.65. The maximum absolute atomic E-state index is 12.2. The molecule has 0 saturated heterocycles. The average Bonchev–Trinajstić information content (AvgIpc) is 2.98. The van der Waals surface area contributed by atoms with Gasteiger partial charge in [0.25, 0.3) is 0 Å². The zero-order valence-corrected chi connectivity index (χ0v) is 14.4. The number of hydrogen-bond donors (Lipinski definition) is 2. The number of carbonyl (C=O) groups excluding carboxylic acids is 1. The summed E-state index contributed by atoms with van der Waals surface area (Å²) in [6, 6.07) is 12.5. The second-order valence-electron chi connectivity index (χ2n) is 5.91. The van der Waals surface area contributed by atoms with Crippen LogP contribution in [0.25, 0.3) is 0 Å². The van der Waals surface area contributed by atoms with Gasteiger partial charge < -0.3 is 5.32 Å². The summed E-state index contributed by atoms with van der Waals surface area (Å²) in [6.45, 7) is 7.94. The SMILES string of the molecule is Cc1ccc([C@@H](N[C@@H](C)C(=O)NC(C)C)c2cccs2)cc1. The molecule has 0 aliphatic heterocycles. The maximum atomic E-state index is 12.2. The van der Waals surface area contributed by atoms with E-state index in [0.717, 1.165) is 0 Å². The fourth-order valence-corrected chi connectivity index (χ4v) is 3.10. The molecule has 0 fully saturated rings. The lowest BCUT2D eigenvalue weighted by Crippen LogP contribution is -2.45. The quantitative estimate of drug-likeness (QED) is 0.854. The Labute approximate surface area is 136 Å². The molecule has 0 radical (unpaired) electrons. The summed E-state index contributed by atoms with van der Waals surface area (Å²) in [4.78, 5) is 13.4. The van der Waals surface area contributed by atoms with Crippen LogP contribution in [0.2, 0.25) is 0 Å². The van der Waals surface area contributed by atoms with Gasteiger partial charge in [-0.2, -0.15) is 0 Å². The highest BCUT2D eigenvalue weighted by Crippen LogP contribution is 2.26. The van der Waals surface area contributed by atoms with Gasteiger partial charge in [-0.15, -0.1) is 11.3 Å². The molecule has 0 aliphatic carbocycles. The van der Waals surface area contributed by atoms with Crippen LogP contribution in [0.15, 0.2) is 41.8 Å². The second kappa shape index (κ2) is 7.56. The Morgan fingerprint density at radius 1 is 1.09 bits per heavy atom. The van der Waals surface area contributed by atoms with E-state index >= 15 is 0 Å². The largest absolute Gasteiger partial charge is 0.353 e. The van der Waals surface area contributed by atoms with Crippen molar-refractivity contribution in [3.8, 4) is 0 Å². The lowest BCUT2D eigenvalue weighted by atomic mass is 10.0. The molecule has 22 heavy (non-hydrogen) atoms. The highest BCUT2D eigenvalue weighted by molar-refractivity contribution is 7.10. The van der Waals surface area contributed by atoms with Crippen LogP contribution < -0.4 is 10.6 Å². The molecule has 1 heterocycles. The van der Waals surface area contributed by atoms with Gasteiger partial charge in [0.15, 0.2) is 0 Å². The predicted molar refractivity (Wildman–Crippen MR) is 93.2 cm³/mol. The summed E-state index contributed by atoms with van der Waals surface area (Å²) in [5, 5.41) is 8.48. The van der Waals surface area contributed by atoms with Crippen molar-refractivity contribution < 1.29 is 4.79 Å². The van der Waals surface area contributed by atoms with Crippen LogP contribution in [0.5, 0.6) is 0 Å². The zero-order chi connectivity index (χ0) is 16.1. The van der Waals surface area contributed by atoms with Gasteiger partial charge in [0, 0.05) is 10.9 Å². The standard InChI is InChI=1S/C18H24N2OS/c1-12(2)19-18(21)14(4)20-17(16-6-5-11-22-16)15-9-7-13(3)8-10-15/h5-12,14,17,20H,1-4H3,(H,19,21)/t14-,17+/m0/s1. The first-order chi connectivity index (χ1) is 10.5. The van der Waals surface area contributed by atoms with E-state index in [9.17, 15) is 4.79 Å². The third-order valence-corrected chi connectivity index (χ3v) is 4.42. The Kier molecular flexibility index (Phi) is 5.75. The fraction of sp³-hybridized carbons (Fsp3) is 0.389. The summed E-state index contributed by atoms with van der Waals surface area (Å²) >= 11 is 1.70. The van der Waals surface area contributed by atoms with E-state index in [1.54, 1.807) is 11.3 Å². The summed E-state index contributed by atoms with van der Waals surface area (Å²) in [7, 11) is 0. The van der Waals surface area contributed by atoms with E-state index in [1.807, 2.05) is 26.8 Å². The number of aryl methyl sites for hydroxylation is 1. The number of benzene rings is 1. The van der Waals surface area contributed by atoms with Gasteiger partial charge in [0.05, 0.1) is 12.1 Å². The number of hydrogen-bond acceptors (Lipinski definition) is 3. The molecule has 2 atom stereocenters. The van der Waals surface area contributed by atoms with Crippen molar-refractivity contribution in [3.63, 3.8) is 0 Å². The van der Waals surface area contributed by atoms with Crippen molar-refractivity contribution in [2.45, 2.75) is 45.8 Å². The molecule has 0 unspecified atom stereocenters. The Bertz CT molecular complexity index is 590. The lowest BCUT2D eigenvalue weighted by molar-refractivity contribution is -0.123.